The summed E-state index contributed by atoms with van der Waals surface area (Å²) in [5.41, 5.74) is -0.366. The van der Waals surface area contributed by atoms with Gasteiger partial charge >= 0.3 is 0 Å². The van der Waals surface area contributed by atoms with Gasteiger partial charge in [-0.15, -0.1) is 0 Å². The number of benzene rings is 2. The summed E-state index contributed by atoms with van der Waals surface area (Å²) in [4.78, 5) is 0. The molecule has 0 fully saturated rings. The van der Waals surface area contributed by atoms with Crippen molar-refractivity contribution in [3.8, 4) is 0 Å². The van der Waals surface area contributed by atoms with E-state index in [4.69, 9.17) is 0 Å². The molecule has 1 unspecified atom stereocenters. The minimum Gasteiger partial charge on any atom is -0.387 e. The molecule has 16 heavy (non-hydrogen) atoms. The Morgan fingerprint density at radius 2 is 1.62 bits per heavy atom. The molecule has 1 atom stereocenters. The van der Waals surface area contributed by atoms with Crippen LogP contribution in [0.15, 0.2) is 42.5 Å². The SMILES string of the molecule is CC(C)(O)C(O)c1cccc2ccccc12. The van der Waals surface area contributed by atoms with Crippen molar-refractivity contribution >= 4 is 10.8 Å². The first kappa shape index (κ1) is 11.1. The van der Waals surface area contributed by atoms with Crippen LogP contribution in [0.1, 0.15) is 25.5 Å². The van der Waals surface area contributed by atoms with Crippen LogP contribution in [0.4, 0.5) is 0 Å². The first-order valence-corrected chi connectivity index (χ1v) is 5.38. The lowest BCUT2D eigenvalue weighted by atomic mass is 9.91. The highest BCUT2D eigenvalue weighted by Gasteiger charge is 2.27. The van der Waals surface area contributed by atoms with Crippen molar-refractivity contribution in [3.63, 3.8) is 0 Å². The molecule has 2 N–H and O–H groups in total. The fourth-order valence-corrected chi connectivity index (χ4v) is 1.87. The Bertz CT molecular complexity index is 492. The van der Waals surface area contributed by atoms with Gasteiger partial charge in [0.2, 0.25) is 0 Å². The molecule has 0 saturated heterocycles. The van der Waals surface area contributed by atoms with Gasteiger partial charge < -0.3 is 10.2 Å². The van der Waals surface area contributed by atoms with E-state index in [1.54, 1.807) is 13.8 Å². The van der Waals surface area contributed by atoms with E-state index >= 15 is 0 Å². The molecule has 2 aromatic carbocycles. The number of hydrogen-bond acceptors (Lipinski definition) is 2. The highest BCUT2D eigenvalue weighted by molar-refractivity contribution is 5.86. The molecule has 2 aromatic rings. The van der Waals surface area contributed by atoms with E-state index in [0.29, 0.717) is 0 Å². The van der Waals surface area contributed by atoms with Crippen molar-refractivity contribution in [3.05, 3.63) is 48.0 Å². The number of hydrogen-bond donors (Lipinski definition) is 2. The third-order valence-corrected chi connectivity index (χ3v) is 2.79. The maximum atomic E-state index is 10.1. The molecule has 0 heterocycles. The topological polar surface area (TPSA) is 40.5 Å². The lowest BCUT2D eigenvalue weighted by Gasteiger charge is -2.25. The monoisotopic (exact) mass is 216 g/mol. The van der Waals surface area contributed by atoms with Gasteiger partial charge in [-0.25, -0.2) is 0 Å². The van der Waals surface area contributed by atoms with E-state index in [9.17, 15) is 10.2 Å². The molecule has 0 bridgehead atoms. The standard InChI is InChI=1S/C14H16O2/c1-14(2,16)13(15)12-9-5-7-10-6-3-4-8-11(10)12/h3-9,13,15-16H,1-2H3. The Balaban J connectivity index is 2.61. The Kier molecular flexibility index (Phi) is 2.70. The van der Waals surface area contributed by atoms with Gasteiger partial charge in [0, 0.05) is 0 Å². The number of aliphatic hydroxyl groups is 2. The molecule has 0 radical (unpaired) electrons. The van der Waals surface area contributed by atoms with E-state index in [1.807, 2.05) is 42.5 Å². The quantitative estimate of drug-likeness (QED) is 0.810. The van der Waals surface area contributed by atoms with E-state index in [0.717, 1.165) is 16.3 Å². The molecule has 0 saturated carbocycles. The van der Waals surface area contributed by atoms with Crippen LogP contribution in [0.2, 0.25) is 0 Å². The van der Waals surface area contributed by atoms with Gasteiger partial charge in [0.05, 0.1) is 5.60 Å². The van der Waals surface area contributed by atoms with Crippen LogP contribution < -0.4 is 0 Å². The van der Waals surface area contributed by atoms with E-state index < -0.39 is 11.7 Å². The van der Waals surface area contributed by atoms with Crippen molar-refractivity contribution in [2.75, 3.05) is 0 Å². The molecule has 2 heteroatoms. The van der Waals surface area contributed by atoms with Gasteiger partial charge in [0.15, 0.2) is 0 Å². The zero-order valence-corrected chi connectivity index (χ0v) is 9.51. The lowest BCUT2D eigenvalue weighted by Crippen LogP contribution is -2.28. The average molecular weight is 216 g/mol. The average Bonchev–Trinajstić information content (AvgIpc) is 2.26. The molecule has 2 rings (SSSR count). The molecular weight excluding hydrogens is 200 g/mol. The Hall–Kier alpha value is -1.38. The van der Waals surface area contributed by atoms with Crippen molar-refractivity contribution < 1.29 is 10.2 Å². The number of fused-ring (bicyclic) bond motifs is 1. The smallest absolute Gasteiger partial charge is 0.108 e. The first-order chi connectivity index (χ1) is 7.50. The summed E-state index contributed by atoms with van der Waals surface area (Å²) in [5.74, 6) is 0. The predicted molar refractivity (Wildman–Crippen MR) is 65.2 cm³/mol. The molecule has 0 amide bonds. The first-order valence-electron chi connectivity index (χ1n) is 5.38. The second-order valence-electron chi connectivity index (χ2n) is 4.62. The van der Waals surface area contributed by atoms with Gasteiger partial charge in [-0.05, 0) is 30.2 Å². The van der Waals surface area contributed by atoms with Crippen LogP contribution in [0.25, 0.3) is 10.8 Å². The predicted octanol–water partition coefficient (Wildman–Crippen LogP) is 2.64. The third-order valence-electron chi connectivity index (χ3n) is 2.79. The summed E-state index contributed by atoms with van der Waals surface area (Å²) in [6, 6.07) is 13.6. The van der Waals surface area contributed by atoms with Crippen molar-refractivity contribution in [2.45, 2.75) is 25.6 Å². The lowest BCUT2D eigenvalue weighted by molar-refractivity contribution is -0.0489. The van der Waals surface area contributed by atoms with Gasteiger partial charge in [0.25, 0.3) is 0 Å². The molecule has 0 aromatic heterocycles. The Morgan fingerprint density at radius 1 is 1.00 bits per heavy atom. The summed E-state index contributed by atoms with van der Waals surface area (Å²) in [6.45, 7) is 3.22. The maximum Gasteiger partial charge on any atom is 0.108 e. The maximum absolute atomic E-state index is 10.1. The van der Waals surface area contributed by atoms with Crippen LogP contribution in [0.5, 0.6) is 0 Å². The second-order valence-corrected chi connectivity index (χ2v) is 4.62. The molecule has 0 aliphatic rings. The van der Waals surface area contributed by atoms with Crippen molar-refractivity contribution in [2.24, 2.45) is 0 Å². The summed E-state index contributed by atoms with van der Waals surface area (Å²) < 4.78 is 0. The van der Waals surface area contributed by atoms with Gasteiger partial charge in [-0.1, -0.05) is 42.5 Å². The van der Waals surface area contributed by atoms with Gasteiger partial charge in [0.1, 0.15) is 6.10 Å². The van der Waals surface area contributed by atoms with Gasteiger partial charge in [-0.3, -0.25) is 0 Å². The fraction of sp³-hybridized carbons (Fsp3) is 0.286. The van der Waals surface area contributed by atoms with Crippen LogP contribution in [-0.2, 0) is 0 Å². The minimum absolute atomic E-state index is 0.769. The molecule has 0 spiro atoms. The zero-order valence-electron chi connectivity index (χ0n) is 9.51. The highest BCUT2D eigenvalue weighted by Crippen LogP contribution is 2.30. The highest BCUT2D eigenvalue weighted by atomic mass is 16.3. The van der Waals surface area contributed by atoms with Crippen molar-refractivity contribution in [1.82, 2.24) is 0 Å². The normalized spacial score (nSPS) is 14.0. The Labute approximate surface area is 95.2 Å². The zero-order chi connectivity index (χ0) is 11.8. The second kappa shape index (κ2) is 3.89. The molecule has 2 nitrogen and oxygen atoms in total. The molecular formula is C14H16O2. The Morgan fingerprint density at radius 3 is 2.31 bits per heavy atom. The van der Waals surface area contributed by atoms with Gasteiger partial charge in [-0.2, -0.15) is 0 Å². The summed E-state index contributed by atoms with van der Waals surface area (Å²) in [7, 11) is 0. The summed E-state index contributed by atoms with van der Waals surface area (Å²) >= 11 is 0. The minimum atomic E-state index is -1.13. The number of rotatable bonds is 2. The molecule has 84 valence electrons. The number of aliphatic hydroxyl groups excluding tert-OH is 1. The van der Waals surface area contributed by atoms with Crippen LogP contribution in [-0.4, -0.2) is 15.8 Å². The third kappa shape index (κ3) is 1.94. The summed E-state index contributed by atoms with van der Waals surface area (Å²) in [5, 5.41) is 22.0. The van der Waals surface area contributed by atoms with Crippen LogP contribution >= 0.6 is 0 Å². The largest absolute Gasteiger partial charge is 0.387 e. The van der Waals surface area contributed by atoms with E-state index in [1.165, 1.54) is 0 Å². The van der Waals surface area contributed by atoms with Crippen molar-refractivity contribution in [1.29, 1.82) is 0 Å². The molecule has 0 aliphatic heterocycles. The van der Waals surface area contributed by atoms with E-state index in [2.05, 4.69) is 0 Å². The summed E-state index contributed by atoms with van der Waals surface area (Å²) in [6.07, 6.45) is -0.876. The van der Waals surface area contributed by atoms with Crippen LogP contribution in [0, 0.1) is 0 Å². The van der Waals surface area contributed by atoms with E-state index in [-0.39, 0.29) is 0 Å². The van der Waals surface area contributed by atoms with Crippen LogP contribution in [0.3, 0.4) is 0 Å². The molecule has 0 aliphatic carbocycles. The fourth-order valence-electron chi connectivity index (χ4n) is 1.87.